The Morgan fingerprint density at radius 3 is 2.37 bits per heavy atom. The highest BCUT2D eigenvalue weighted by molar-refractivity contribution is 5.84. The predicted octanol–water partition coefficient (Wildman–Crippen LogP) is 3.41. The fourth-order valence-electron chi connectivity index (χ4n) is 3.45. The van der Waals surface area contributed by atoms with Crippen LogP contribution in [0.1, 0.15) is 16.7 Å². The molecule has 1 heterocycles. The molecule has 3 rings (SSSR count). The van der Waals surface area contributed by atoms with Crippen molar-refractivity contribution < 1.29 is 14.2 Å². The van der Waals surface area contributed by atoms with Crippen molar-refractivity contribution >= 4 is 16.9 Å². The van der Waals surface area contributed by atoms with Gasteiger partial charge in [0.2, 0.25) is 0 Å². The van der Waals surface area contributed by atoms with Gasteiger partial charge in [0.1, 0.15) is 5.75 Å². The summed E-state index contributed by atoms with van der Waals surface area (Å²) in [6, 6.07) is 10.2. The van der Waals surface area contributed by atoms with E-state index >= 15 is 0 Å². The molecule has 0 atom stereocenters. The Morgan fingerprint density at radius 1 is 0.933 bits per heavy atom. The lowest BCUT2D eigenvalue weighted by Gasteiger charge is -2.16. The summed E-state index contributed by atoms with van der Waals surface area (Å²) in [5.41, 5.74) is 4.66. The molecule has 0 aliphatic heterocycles. The first-order valence-electron chi connectivity index (χ1n) is 9.89. The van der Waals surface area contributed by atoms with Gasteiger partial charge in [0.05, 0.1) is 21.3 Å². The molecule has 0 amide bonds. The van der Waals surface area contributed by atoms with Crippen LogP contribution in [0.2, 0.25) is 0 Å². The number of H-pyrrole nitrogens is 1. The van der Waals surface area contributed by atoms with Crippen LogP contribution in [0.25, 0.3) is 10.9 Å². The number of rotatable bonds is 8. The predicted molar refractivity (Wildman–Crippen MR) is 121 cm³/mol. The number of methoxy groups -OCH3 is 3. The first-order valence-corrected chi connectivity index (χ1v) is 9.89. The Labute approximate surface area is 177 Å². The van der Waals surface area contributed by atoms with Crippen molar-refractivity contribution in [1.82, 2.24) is 15.6 Å². The summed E-state index contributed by atoms with van der Waals surface area (Å²) < 4.78 is 16.2. The SMILES string of the molecule is CN=C(NCCc1c[nH]c2cc(C)ccc12)NCc1cc(OC)c(OC)cc1OC. The lowest BCUT2D eigenvalue weighted by Crippen LogP contribution is -2.37. The molecule has 7 heteroatoms. The van der Waals surface area contributed by atoms with Gasteiger partial charge in [-0.3, -0.25) is 4.99 Å². The van der Waals surface area contributed by atoms with Crippen LogP contribution in [-0.2, 0) is 13.0 Å². The molecule has 0 saturated heterocycles. The Kier molecular flexibility index (Phi) is 7.06. The average Bonchev–Trinajstić information content (AvgIpc) is 3.17. The van der Waals surface area contributed by atoms with Gasteiger partial charge in [0, 0.05) is 48.9 Å². The molecule has 0 aliphatic carbocycles. The van der Waals surface area contributed by atoms with Gasteiger partial charge in [-0.15, -0.1) is 0 Å². The molecular weight excluding hydrogens is 380 g/mol. The summed E-state index contributed by atoms with van der Waals surface area (Å²) in [7, 11) is 6.63. The van der Waals surface area contributed by atoms with Crippen LogP contribution in [0.5, 0.6) is 17.2 Å². The number of aromatic amines is 1. The van der Waals surface area contributed by atoms with E-state index in [0.717, 1.165) is 30.2 Å². The van der Waals surface area contributed by atoms with Gasteiger partial charge in [-0.2, -0.15) is 0 Å². The summed E-state index contributed by atoms with van der Waals surface area (Å²) >= 11 is 0. The minimum absolute atomic E-state index is 0.537. The second kappa shape index (κ2) is 9.91. The summed E-state index contributed by atoms with van der Waals surface area (Å²) in [5.74, 6) is 2.74. The van der Waals surface area contributed by atoms with E-state index in [2.05, 4.69) is 51.9 Å². The number of nitrogens with zero attached hydrogens (tertiary/aromatic N) is 1. The summed E-state index contributed by atoms with van der Waals surface area (Å²) in [6.45, 7) is 3.41. The number of aliphatic imine (C=N–C) groups is 1. The smallest absolute Gasteiger partial charge is 0.191 e. The van der Waals surface area contributed by atoms with Crippen LogP contribution < -0.4 is 24.8 Å². The highest BCUT2D eigenvalue weighted by Gasteiger charge is 2.12. The van der Waals surface area contributed by atoms with Crippen molar-refractivity contribution in [2.75, 3.05) is 34.9 Å². The van der Waals surface area contributed by atoms with E-state index < -0.39 is 0 Å². The number of fused-ring (bicyclic) bond motifs is 1. The lowest BCUT2D eigenvalue weighted by atomic mass is 10.1. The van der Waals surface area contributed by atoms with Crippen molar-refractivity contribution in [3.8, 4) is 17.2 Å². The maximum Gasteiger partial charge on any atom is 0.191 e. The van der Waals surface area contributed by atoms with Gasteiger partial charge in [-0.05, 0) is 36.6 Å². The van der Waals surface area contributed by atoms with Crippen LogP contribution >= 0.6 is 0 Å². The van der Waals surface area contributed by atoms with Gasteiger partial charge < -0.3 is 29.8 Å². The van der Waals surface area contributed by atoms with E-state index in [9.17, 15) is 0 Å². The molecule has 0 saturated carbocycles. The fourth-order valence-corrected chi connectivity index (χ4v) is 3.45. The number of aromatic nitrogens is 1. The zero-order chi connectivity index (χ0) is 21.5. The minimum atomic E-state index is 0.537. The minimum Gasteiger partial charge on any atom is -0.496 e. The van der Waals surface area contributed by atoms with Crippen molar-refractivity contribution in [3.05, 3.63) is 53.2 Å². The Balaban J connectivity index is 1.60. The van der Waals surface area contributed by atoms with E-state index in [1.54, 1.807) is 28.4 Å². The zero-order valence-electron chi connectivity index (χ0n) is 18.3. The fraction of sp³-hybridized carbons (Fsp3) is 0.348. The second-order valence-electron chi connectivity index (χ2n) is 6.98. The summed E-state index contributed by atoms with van der Waals surface area (Å²) in [4.78, 5) is 7.67. The molecule has 160 valence electrons. The molecule has 0 aliphatic rings. The van der Waals surface area contributed by atoms with Crippen molar-refractivity contribution in [3.63, 3.8) is 0 Å². The van der Waals surface area contributed by atoms with Crippen LogP contribution in [0, 0.1) is 6.92 Å². The molecule has 0 unspecified atom stereocenters. The maximum atomic E-state index is 5.49. The van der Waals surface area contributed by atoms with E-state index in [0.29, 0.717) is 18.0 Å². The molecule has 0 fully saturated rings. The third-order valence-electron chi connectivity index (χ3n) is 5.07. The molecule has 2 aromatic carbocycles. The largest absolute Gasteiger partial charge is 0.496 e. The highest BCUT2D eigenvalue weighted by atomic mass is 16.5. The molecule has 0 spiro atoms. The number of guanidine groups is 1. The first kappa shape index (κ1) is 21.4. The van der Waals surface area contributed by atoms with Crippen LogP contribution in [0.3, 0.4) is 0 Å². The Bertz CT molecular complexity index is 1030. The van der Waals surface area contributed by atoms with Gasteiger partial charge in [-0.1, -0.05) is 12.1 Å². The summed E-state index contributed by atoms with van der Waals surface area (Å²) in [6.07, 6.45) is 2.97. The van der Waals surface area contributed by atoms with E-state index in [1.165, 1.54) is 22.0 Å². The Hall–Kier alpha value is -3.35. The average molecular weight is 411 g/mol. The van der Waals surface area contributed by atoms with E-state index in [1.807, 2.05) is 12.1 Å². The van der Waals surface area contributed by atoms with E-state index in [4.69, 9.17) is 14.2 Å². The van der Waals surface area contributed by atoms with Gasteiger partial charge in [-0.25, -0.2) is 0 Å². The molecule has 1 aromatic heterocycles. The van der Waals surface area contributed by atoms with Gasteiger partial charge in [0.15, 0.2) is 17.5 Å². The van der Waals surface area contributed by atoms with Crippen molar-refractivity contribution in [1.29, 1.82) is 0 Å². The maximum absolute atomic E-state index is 5.49. The number of nitrogens with one attached hydrogen (secondary N) is 3. The van der Waals surface area contributed by atoms with E-state index in [-0.39, 0.29) is 0 Å². The van der Waals surface area contributed by atoms with Crippen molar-refractivity contribution in [2.24, 2.45) is 4.99 Å². The monoisotopic (exact) mass is 410 g/mol. The van der Waals surface area contributed by atoms with Gasteiger partial charge in [0.25, 0.3) is 0 Å². The lowest BCUT2D eigenvalue weighted by molar-refractivity contribution is 0.347. The zero-order valence-corrected chi connectivity index (χ0v) is 18.3. The molecule has 0 bridgehead atoms. The highest BCUT2D eigenvalue weighted by Crippen LogP contribution is 2.34. The molecule has 30 heavy (non-hydrogen) atoms. The molecule has 7 nitrogen and oxygen atoms in total. The number of aryl methyl sites for hydroxylation is 1. The van der Waals surface area contributed by atoms with Crippen molar-refractivity contribution in [2.45, 2.75) is 19.9 Å². The molecule has 0 radical (unpaired) electrons. The topological polar surface area (TPSA) is 79.9 Å². The summed E-state index contributed by atoms with van der Waals surface area (Å²) in [5, 5.41) is 7.96. The number of hydrogen-bond donors (Lipinski definition) is 3. The van der Waals surface area contributed by atoms with Crippen LogP contribution in [0.15, 0.2) is 41.5 Å². The standard InChI is InChI=1S/C23H30N4O3/c1-15-6-7-18-16(13-26-19(18)10-15)8-9-25-23(24-2)27-14-17-11-21(29-4)22(30-5)12-20(17)28-3/h6-7,10-13,26H,8-9,14H2,1-5H3,(H2,24,25,27). The number of benzene rings is 2. The van der Waals surface area contributed by atoms with Gasteiger partial charge >= 0.3 is 0 Å². The first-order chi connectivity index (χ1) is 14.6. The quantitative estimate of drug-likeness (QED) is 0.392. The molecule has 3 aromatic rings. The van der Waals surface area contributed by atoms with Crippen LogP contribution in [0.4, 0.5) is 0 Å². The molecule has 3 N–H and O–H groups in total. The Morgan fingerprint density at radius 2 is 1.67 bits per heavy atom. The number of hydrogen-bond acceptors (Lipinski definition) is 4. The third-order valence-corrected chi connectivity index (χ3v) is 5.07. The second-order valence-corrected chi connectivity index (χ2v) is 6.98. The third kappa shape index (κ3) is 4.79. The normalized spacial score (nSPS) is 11.4. The number of ether oxygens (including phenoxy) is 3. The van der Waals surface area contributed by atoms with Crippen LogP contribution in [-0.4, -0.2) is 45.9 Å². The molecular formula is C23H30N4O3.